The molecule has 164 valence electrons. The number of hydrogen-bond donors (Lipinski definition) is 1. The van der Waals surface area contributed by atoms with E-state index in [0.717, 1.165) is 47.9 Å². The third-order valence-corrected chi connectivity index (χ3v) is 6.19. The molecule has 3 rings (SSSR count). The van der Waals surface area contributed by atoms with Crippen LogP contribution in [0.2, 0.25) is 5.02 Å². The van der Waals surface area contributed by atoms with Gasteiger partial charge in [-0.2, -0.15) is 0 Å². The van der Waals surface area contributed by atoms with Crippen molar-refractivity contribution in [2.45, 2.75) is 40.2 Å². The first-order chi connectivity index (χ1) is 15.0. The maximum absolute atomic E-state index is 12.3. The molecule has 0 aliphatic carbocycles. The van der Waals surface area contributed by atoms with Crippen molar-refractivity contribution >= 4 is 34.0 Å². The van der Waals surface area contributed by atoms with Crippen LogP contribution >= 0.6 is 22.9 Å². The Bertz CT molecular complexity index is 984. The smallest absolute Gasteiger partial charge is 0.251 e. The standard InChI is InChI=1S/C25H30ClN3OS/c1-4-5-14-29(25-28-23(17-31-25)21-8-6-7-9-22(21)26)16-19-10-12-20(13-11-19)24(30)27-15-18(2)3/h6-13,17-18H,4-5,14-16H2,1-3H3,(H,27,30). The minimum Gasteiger partial charge on any atom is -0.352 e. The van der Waals surface area contributed by atoms with Crippen molar-refractivity contribution in [1.82, 2.24) is 10.3 Å². The number of amides is 1. The van der Waals surface area contributed by atoms with Crippen LogP contribution in [0.1, 0.15) is 49.5 Å². The molecule has 0 aliphatic heterocycles. The Kier molecular flexibility index (Phi) is 8.50. The van der Waals surface area contributed by atoms with E-state index < -0.39 is 0 Å². The molecule has 31 heavy (non-hydrogen) atoms. The fraction of sp³-hybridized carbons (Fsp3) is 0.360. The maximum Gasteiger partial charge on any atom is 0.251 e. The van der Waals surface area contributed by atoms with Crippen LogP contribution < -0.4 is 10.2 Å². The molecule has 1 heterocycles. The topological polar surface area (TPSA) is 45.2 Å². The first kappa shape index (κ1) is 23.3. The fourth-order valence-corrected chi connectivity index (χ4v) is 4.26. The third kappa shape index (κ3) is 6.55. The summed E-state index contributed by atoms with van der Waals surface area (Å²) in [4.78, 5) is 19.5. The van der Waals surface area contributed by atoms with Crippen LogP contribution in [0.3, 0.4) is 0 Å². The molecular weight excluding hydrogens is 426 g/mol. The minimum absolute atomic E-state index is 0.0209. The van der Waals surface area contributed by atoms with E-state index in [-0.39, 0.29) is 5.91 Å². The molecule has 1 amide bonds. The fourth-order valence-electron chi connectivity index (χ4n) is 3.17. The number of benzene rings is 2. The molecule has 1 N–H and O–H groups in total. The molecule has 4 nitrogen and oxygen atoms in total. The second-order valence-corrected chi connectivity index (χ2v) is 9.31. The summed E-state index contributed by atoms with van der Waals surface area (Å²) in [5.74, 6) is 0.414. The normalized spacial score (nSPS) is 11.0. The highest BCUT2D eigenvalue weighted by molar-refractivity contribution is 7.14. The lowest BCUT2D eigenvalue weighted by Crippen LogP contribution is -2.27. The van der Waals surface area contributed by atoms with E-state index in [1.165, 1.54) is 0 Å². The Labute approximate surface area is 194 Å². The average molecular weight is 456 g/mol. The van der Waals surface area contributed by atoms with Crippen LogP contribution in [0.4, 0.5) is 5.13 Å². The molecule has 0 saturated carbocycles. The van der Waals surface area contributed by atoms with Gasteiger partial charge < -0.3 is 10.2 Å². The van der Waals surface area contributed by atoms with Gasteiger partial charge in [0.25, 0.3) is 5.91 Å². The van der Waals surface area contributed by atoms with Crippen LogP contribution in [-0.4, -0.2) is 24.0 Å². The molecule has 0 radical (unpaired) electrons. The molecule has 0 atom stereocenters. The van der Waals surface area contributed by atoms with E-state index in [4.69, 9.17) is 16.6 Å². The van der Waals surface area contributed by atoms with Gasteiger partial charge in [0.05, 0.1) is 5.69 Å². The van der Waals surface area contributed by atoms with E-state index in [9.17, 15) is 4.79 Å². The van der Waals surface area contributed by atoms with Gasteiger partial charge in [-0.05, 0) is 36.1 Å². The van der Waals surface area contributed by atoms with Gasteiger partial charge in [-0.3, -0.25) is 4.79 Å². The number of thiazole rings is 1. The van der Waals surface area contributed by atoms with Crippen molar-refractivity contribution in [3.05, 3.63) is 70.1 Å². The van der Waals surface area contributed by atoms with E-state index in [0.29, 0.717) is 23.0 Å². The number of hydrogen-bond acceptors (Lipinski definition) is 4. The summed E-state index contributed by atoms with van der Waals surface area (Å²) >= 11 is 8.00. The third-order valence-electron chi connectivity index (χ3n) is 4.95. The van der Waals surface area contributed by atoms with Crippen molar-refractivity contribution in [2.24, 2.45) is 5.92 Å². The second-order valence-electron chi connectivity index (χ2n) is 8.07. The van der Waals surface area contributed by atoms with Crippen molar-refractivity contribution in [3.8, 4) is 11.3 Å². The number of carbonyl (C=O) groups is 1. The molecular formula is C25H30ClN3OS. The number of halogens is 1. The van der Waals surface area contributed by atoms with Crippen LogP contribution in [0, 0.1) is 5.92 Å². The lowest BCUT2D eigenvalue weighted by molar-refractivity contribution is 0.0949. The monoisotopic (exact) mass is 455 g/mol. The van der Waals surface area contributed by atoms with Gasteiger partial charge in [0.15, 0.2) is 5.13 Å². The molecule has 3 aromatic rings. The zero-order valence-electron chi connectivity index (χ0n) is 18.4. The van der Waals surface area contributed by atoms with Gasteiger partial charge in [0, 0.05) is 41.2 Å². The van der Waals surface area contributed by atoms with Crippen LogP contribution in [0.25, 0.3) is 11.3 Å². The molecule has 6 heteroatoms. The second kappa shape index (κ2) is 11.3. The predicted octanol–water partition coefficient (Wildman–Crippen LogP) is 6.66. The lowest BCUT2D eigenvalue weighted by Gasteiger charge is -2.22. The molecule has 0 unspecified atom stereocenters. The summed E-state index contributed by atoms with van der Waals surface area (Å²) in [6.07, 6.45) is 2.21. The summed E-state index contributed by atoms with van der Waals surface area (Å²) in [5.41, 5.74) is 3.72. The zero-order valence-corrected chi connectivity index (χ0v) is 20.0. The maximum atomic E-state index is 12.3. The Morgan fingerprint density at radius 3 is 2.58 bits per heavy atom. The van der Waals surface area contributed by atoms with Gasteiger partial charge in [0.1, 0.15) is 0 Å². The Balaban J connectivity index is 1.73. The number of nitrogens with zero attached hydrogens (tertiary/aromatic N) is 2. The lowest BCUT2D eigenvalue weighted by atomic mass is 10.1. The van der Waals surface area contributed by atoms with E-state index in [2.05, 4.69) is 36.4 Å². The van der Waals surface area contributed by atoms with Crippen LogP contribution in [0.15, 0.2) is 53.9 Å². The number of anilines is 1. The quantitative estimate of drug-likeness (QED) is 0.372. The average Bonchev–Trinajstić information content (AvgIpc) is 3.25. The molecule has 0 bridgehead atoms. The number of aromatic nitrogens is 1. The summed E-state index contributed by atoms with van der Waals surface area (Å²) in [6.45, 7) is 8.74. The van der Waals surface area contributed by atoms with Gasteiger partial charge >= 0.3 is 0 Å². The Morgan fingerprint density at radius 2 is 1.90 bits per heavy atom. The van der Waals surface area contributed by atoms with Gasteiger partial charge in [-0.25, -0.2) is 4.98 Å². The summed E-state index contributed by atoms with van der Waals surface area (Å²) in [5, 5.41) is 6.74. The molecule has 0 fully saturated rings. The number of unbranched alkanes of at least 4 members (excludes halogenated alkanes) is 1. The minimum atomic E-state index is -0.0209. The molecule has 0 aliphatic rings. The summed E-state index contributed by atoms with van der Waals surface area (Å²) < 4.78 is 0. The first-order valence-corrected chi connectivity index (χ1v) is 12.1. The van der Waals surface area contributed by atoms with Gasteiger partial charge in [-0.15, -0.1) is 11.3 Å². The molecule has 0 spiro atoms. The van der Waals surface area contributed by atoms with Crippen LogP contribution in [-0.2, 0) is 6.54 Å². The predicted molar refractivity (Wildman–Crippen MR) is 132 cm³/mol. The highest BCUT2D eigenvalue weighted by Crippen LogP contribution is 2.32. The highest BCUT2D eigenvalue weighted by atomic mass is 35.5. The van der Waals surface area contributed by atoms with Gasteiger partial charge in [-0.1, -0.05) is 69.1 Å². The first-order valence-electron chi connectivity index (χ1n) is 10.8. The molecule has 0 saturated heterocycles. The Morgan fingerprint density at radius 1 is 1.16 bits per heavy atom. The highest BCUT2D eigenvalue weighted by Gasteiger charge is 2.14. The van der Waals surface area contributed by atoms with Crippen molar-refractivity contribution in [2.75, 3.05) is 18.0 Å². The molecule has 2 aromatic carbocycles. The largest absolute Gasteiger partial charge is 0.352 e. The molecule has 1 aromatic heterocycles. The van der Waals surface area contributed by atoms with E-state index in [1.54, 1.807) is 11.3 Å². The van der Waals surface area contributed by atoms with E-state index in [1.807, 2.05) is 48.5 Å². The van der Waals surface area contributed by atoms with Crippen molar-refractivity contribution in [1.29, 1.82) is 0 Å². The number of nitrogens with one attached hydrogen (secondary N) is 1. The van der Waals surface area contributed by atoms with Crippen molar-refractivity contribution in [3.63, 3.8) is 0 Å². The van der Waals surface area contributed by atoms with E-state index >= 15 is 0 Å². The van der Waals surface area contributed by atoms with Crippen LogP contribution in [0.5, 0.6) is 0 Å². The van der Waals surface area contributed by atoms with Crippen molar-refractivity contribution < 1.29 is 4.79 Å². The summed E-state index contributed by atoms with van der Waals surface area (Å²) in [6, 6.07) is 15.7. The zero-order chi connectivity index (χ0) is 22.2. The number of rotatable bonds is 10. The van der Waals surface area contributed by atoms with Gasteiger partial charge in [0.2, 0.25) is 0 Å². The Hall–Kier alpha value is -2.37. The number of carbonyl (C=O) groups excluding carboxylic acids is 1. The SMILES string of the molecule is CCCCN(Cc1ccc(C(=O)NCC(C)C)cc1)c1nc(-c2ccccc2Cl)cs1. The summed E-state index contributed by atoms with van der Waals surface area (Å²) in [7, 11) is 0.